The SMILES string of the molecule is C[C@@H]1C[C@H](O)N(C(=O)c2ccccc2O)N1C. The Morgan fingerprint density at radius 1 is 1.41 bits per heavy atom. The maximum atomic E-state index is 12.2. The van der Waals surface area contributed by atoms with E-state index < -0.39 is 6.23 Å². The second-order valence-electron chi connectivity index (χ2n) is 4.31. The Hall–Kier alpha value is -1.59. The van der Waals surface area contributed by atoms with E-state index >= 15 is 0 Å². The molecule has 1 aromatic rings. The molecule has 1 aromatic carbocycles. The van der Waals surface area contributed by atoms with Crippen LogP contribution in [0.5, 0.6) is 5.75 Å². The molecule has 0 spiro atoms. The fraction of sp³-hybridized carbons (Fsp3) is 0.417. The van der Waals surface area contributed by atoms with Gasteiger partial charge in [-0.25, -0.2) is 10.0 Å². The quantitative estimate of drug-likeness (QED) is 0.756. The van der Waals surface area contributed by atoms with Gasteiger partial charge in [0.2, 0.25) is 0 Å². The summed E-state index contributed by atoms with van der Waals surface area (Å²) in [5, 5.41) is 22.4. The van der Waals surface area contributed by atoms with E-state index in [-0.39, 0.29) is 23.3 Å². The van der Waals surface area contributed by atoms with Crippen LogP contribution in [0.25, 0.3) is 0 Å². The number of hydrogen-bond acceptors (Lipinski definition) is 4. The van der Waals surface area contributed by atoms with Crippen molar-refractivity contribution < 1.29 is 15.0 Å². The van der Waals surface area contributed by atoms with Gasteiger partial charge in [-0.3, -0.25) is 4.79 Å². The molecule has 0 bridgehead atoms. The predicted octanol–water partition coefficient (Wildman–Crippen LogP) is 0.792. The number of amides is 1. The molecule has 0 aromatic heterocycles. The third kappa shape index (κ3) is 1.99. The summed E-state index contributed by atoms with van der Waals surface area (Å²) in [6.07, 6.45) is -0.322. The maximum absolute atomic E-state index is 12.2. The van der Waals surface area contributed by atoms with Crippen molar-refractivity contribution >= 4 is 5.91 Å². The van der Waals surface area contributed by atoms with Crippen molar-refractivity contribution in [3.63, 3.8) is 0 Å². The Bertz CT molecular complexity index is 436. The highest BCUT2D eigenvalue weighted by Gasteiger charge is 2.37. The van der Waals surface area contributed by atoms with Crippen LogP contribution in [0.15, 0.2) is 24.3 Å². The molecule has 2 rings (SSSR count). The summed E-state index contributed by atoms with van der Waals surface area (Å²) in [4.78, 5) is 12.2. The summed E-state index contributed by atoms with van der Waals surface area (Å²) in [6.45, 7) is 1.93. The van der Waals surface area contributed by atoms with Crippen molar-refractivity contribution in [3.05, 3.63) is 29.8 Å². The number of hydrazine groups is 1. The van der Waals surface area contributed by atoms with E-state index in [0.29, 0.717) is 6.42 Å². The van der Waals surface area contributed by atoms with Gasteiger partial charge in [-0.1, -0.05) is 12.1 Å². The first-order valence-electron chi connectivity index (χ1n) is 5.54. The number of rotatable bonds is 1. The van der Waals surface area contributed by atoms with E-state index in [9.17, 15) is 15.0 Å². The summed E-state index contributed by atoms with van der Waals surface area (Å²) in [5.74, 6) is -0.458. The molecule has 0 saturated carbocycles. The number of phenolic OH excluding ortho intramolecular Hbond substituents is 1. The Kier molecular flexibility index (Phi) is 3.04. The molecule has 1 heterocycles. The van der Waals surface area contributed by atoms with Crippen LogP contribution in [0, 0.1) is 0 Å². The maximum Gasteiger partial charge on any atom is 0.274 e. The first kappa shape index (κ1) is 11.9. The molecule has 1 amide bonds. The average molecular weight is 236 g/mol. The lowest BCUT2D eigenvalue weighted by Crippen LogP contribution is -2.44. The van der Waals surface area contributed by atoms with Crippen LogP contribution in [-0.2, 0) is 0 Å². The number of aliphatic hydroxyl groups is 1. The Balaban J connectivity index is 2.30. The minimum Gasteiger partial charge on any atom is -0.507 e. The van der Waals surface area contributed by atoms with Gasteiger partial charge in [0, 0.05) is 19.5 Å². The molecule has 2 N–H and O–H groups in total. The zero-order valence-corrected chi connectivity index (χ0v) is 9.87. The zero-order chi connectivity index (χ0) is 12.6. The molecule has 1 fully saturated rings. The predicted molar refractivity (Wildman–Crippen MR) is 62.1 cm³/mol. The lowest BCUT2D eigenvalue weighted by Gasteiger charge is -2.28. The number of aliphatic hydroxyl groups excluding tert-OH is 1. The van der Waals surface area contributed by atoms with E-state index in [1.807, 2.05) is 6.92 Å². The number of aromatic hydroxyl groups is 1. The first-order chi connectivity index (χ1) is 8.02. The summed E-state index contributed by atoms with van der Waals surface area (Å²) in [7, 11) is 1.75. The standard InChI is InChI=1S/C12H16N2O3/c1-8-7-11(16)14(13(8)2)12(17)9-5-3-4-6-10(9)15/h3-6,8,11,15-16H,7H2,1-2H3/t8-,11+/m1/s1. The van der Waals surface area contributed by atoms with Crippen molar-refractivity contribution in [2.75, 3.05) is 7.05 Å². The van der Waals surface area contributed by atoms with Gasteiger partial charge in [-0.15, -0.1) is 0 Å². The molecule has 1 saturated heterocycles. The third-order valence-corrected chi connectivity index (χ3v) is 3.15. The first-order valence-corrected chi connectivity index (χ1v) is 5.54. The van der Waals surface area contributed by atoms with Crippen molar-refractivity contribution in [2.24, 2.45) is 0 Å². The number of phenols is 1. The Morgan fingerprint density at radius 3 is 2.59 bits per heavy atom. The van der Waals surface area contributed by atoms with E-state index in [1.165, 1.54) is 11.1 Å². The van der Waals surface area contributed by atoms with Crippen molar-refractivity contribution in [2.45, 2.75) is 25.6 Å². The summed E-state index contributed by atoms with van der Waals surface area (Å²) < 4.78 is 0. The lowest BCUT2D eigenvalue weighted by atomic mass is 10.2. The molecular weight excluding hydrogens is 220 g/mol. The smallest absolute Gasteiger partial charge is 0.274 e. The molecule has 1 aliphatic heterocycles. The highest BCUT2D eigenvalue weighted by atomic mass is 16.3. The van der Waals surface area contributed by atoms with Crippen LogP contribution in [0.1, 0.15) is 23.7 Å². The van der Waals surface area contributed by atoms with Crippen molar-refractivity contribution in [3.8, 4) is 5.75 Å². The second kappa shape index (κ2) is 4.35. The minimum atomic E-state index is -0.831. The highest BCUT2D eigenvalue weighted by molar-refractivity contribution is 5.96. The van der Waals surface area contributed by atoms with Gasteiger partial charge in [0.05, 0.1) is 5.56 Å². The van der Waals surface area contributed by atoms with Crippen LogP contribution in [0.2, 0.25) is 0 Å². The number of nitrogens with zero attached hydrogens (tertiary/aromatic N) is 2. The Morgan fingerprint density at radius 2 is 2.06 bits per heavy atom. The largest absolute Gasteiger partial charge is 0.507 e. The monoisotopic (exact) mass is 236 g/mol. The molecule has 92 valence electrons. The van der Waals surface area contributed by atoms with E-state index in [2.05, 4.69) is 0 Å². The highest BCUT2D eigenvalue weighted by Crippen LogP contribution is 2.26. The molecular formula is C12H16N2O3. The molecule has 5 nitrogen and oxygen atoms in total. The van der Waals surface area contributed by atoms with Gasteiger partial charge < -0.3 is 10.2 Å². The molecule has 0 radical (unpaired) electrons. The van der Waals surface area contributed by atoms with Crippen LogP contribution >= 0.6 is 0 Å². The summed E-state index contributed by atoms with van der Waals surface area (Å²) in [5.41, 5.74) is 0.201. The number of para-hydroxylation sites is 1. The molecule has 0 unspecified atom stereocenters. The van der Waals surface area contributed by atoms with Crippen LogP contribution in [0.4, 0.5) is 0 Å². The third-order valence-electron chi connectivity index (χ3n) is 3.15. The van der Waals surface area contributed by atoms with Gasteiger partial charge >= 0.3 is 0 Å². The number of benzene rings is 1. The zero-order valence-electron chi connectivity index (χ0n) is 9.87. The van der Waals surface area contributed by atoms with E-state index in [0.717, 1.165) is 0 Å². The Labute approximate surface area is 99.9 Å². The van der Waals surface area contributed by atoms with Crippen LogP contribution in [0.3, 0.4) is 0 Å². The van der Waals surface area contributed by atoms with Gasteiger partial charge in [-0.2, -0.15) is 0 Å². The molecule has 5 heteroatoms. The molecule has 0 aliphatic carbocycles. The van der Waals surface area contributed by atoms with Crippen molar-refractivity contribution in [1.82, 2.24) is 10.0 Å². The van der Waals surface area contributed by atoms with Crippen LogP contribution < -0.4 is 0 Å². The van der Waals surface area contributed by atoms with Gasteiger partial charge in [0.1, 0.15) is 12.0 Å². The number of hydrogen-bond donors (Lipinski definition) is 2. The molecule has 2 atom stereocenters. The van der Waals surface area contributed by atoms with Gasteiger partial charge in [0.15, 0.2) is 0 Å². The van der Waals surface area contributed by atoms with E-state index in [1.54, 1.807) is 30.3 Å². The molecule has 1 aliphatic rings. The van der Waals surface area contributed by atoms with Gasteiger partial charge in [0.25, 0.3) is 5.91 Å². The number of carbonyl (C=O) groups excluding carboxylic acids is 1. The normalized spacial score (nSPS) is 25.2. The van der Waals surface area contributed by atoms with Gasteiger partial charge in [-0.05, 0) is 19.1 Å². The number of carbonyl (C=O) groups is 1. The van der Waals surface area contributed by atoms with E-state index in [4.69, 9.17) is 0 Å². The topological polar surface area (TPSA) is 64.0 Å². The summed E-state index contributed by atoms with van der Waals surface area (Å²) >= 11 is 0. The fourth-order valence-corrected chi connectivity index (χ4v) is 2.04. The lowest BCUT2D eigenvalue weighted by molar-refractivity contribution is -0.0503. The van der Waals surface area contributed by atoms with Crippen LogP contribution in [-0.4, -0.2) is 45.5 Å². The summed E-state index contributed by atoms with van der Waals surface area (Å²) in [6, 6.07) is 6.43. The second-order valence-corrected chi connectivity index (χ2v) is 4.31. The fourth-order valence-electron chi connectivity index (χ4n) is 2.04. The molecule has 17 heavy (non-hydrogen) atoms. The average Bonchev–Trinajstić information content (AvgIpc) is 2.53. The van der Waals surface area contributed by atoms with Crippen molar-refractivity contribution in [1.29, 1.82) is 0 Å². The minimum absolute atomic E-state index is 0.0716.